The number of rotatable bonds is 4. The van der Waals surface area contributed by atoms with Crippen molar-refractivity contribution in [1.29, 1.82) is 0 Å². The Bertz CT molecular complexity index is 750. The molecule has 1 fully saturated rings. The van der Waals surface area contributed by atoms with Crippen molar-refractivity contribution < 1.29 is 4.79 Å². The van der Waals surface area contributed by atoms with Crippen LogP contribution < -0.4 is 5.32 Å². The lowest BCUT2D eigenvalue weighted by Gasteiger charge is -2.12. The summed E-state index contributed by atoms with van der Waals surface area (Å²) in [6.45, 7) is 1.50. The number of hydrogen-bond donors (Lipinski definition) is 1. The Morgan fingerprint density at radius 2 is 2.04 bits per heavy atom. The molecule has 6 heteroatoms. The highest BCUT2D eigenvalue weighted by atomic mass is 35.5. The van der Waals surface area contributed by atoms with Crippen molar-refractivity contribution in [3.8, 4) is 11.3 Å². The molecule has 0 radical (unpaired) electrons. The number of imidazole rings is 1. The molecule has 24 heavy (non-hydrogen) atoms. The fourth-order valence-electron chi connectivity index (χ4n) is 3.55. The van der Waals surface area contributed by atoms with Crippen LogP contribution >= 0.6 is 23.4 Å². The molecule has 0 spiro atoms. The molecule has 0 atom stereocenters. The van der Waals surface area contributed by atoms with E-state index in [9.17, 15) is 4.79 Å². The first-order valence-corrected chi connectivity index (χ1v) is 9.84. The van der Waals surface area contributed by atoms with E-state index in [1.165, 1.54) is 12.8 Å². The highest BCUT2D eigenvalue weighted by Gasteiger charge is 2.25. The van der Waals surface area contributed by atoms with E-state index >= 15 is 0 Å². The van der Waals surface area contributed by atoms with Crippen LogP contribution in [-0.2, 0) is 17.9 Å². The van der Waals surface area contributed by atoms with Gasteiger partial charge in [0, 0.05) is 28.8 Å². The van der Waals surface area contributed by atoms with E-state index in [0.29, 0.717) is 6.54 Å². The van der Waals surface area contributed by atoms with Gasteiger partial charge in [0.1, 0.15) is 0 Å². The van der Waals surface area contributed by atoms with E-state index in [1.54, 1.807) is 11.8 Å². The van der Waals surface area contributed by atoms with Crippen LogP contribution in [0, 0.1) is 5.92 Å². The average Bonchev–Trinajstić information content (AvgIpc) is 3.31. The quantitative estimate of drug-likeness (QED) is 0.891. The van der Waals surface area contributed by atoms with E-state index < -0.39 is 0 Å². The summed E-state index contributed by atoms with van der Waals surface area (Å²) < 4.78 is 2.24. The van der Waals surface area contributed by atoms with Gasteiger partial charge in [-0.3, -0.25) is 4.79 Å². The SMILES string of the molecule is O=C(NCc1c(-c2ccc(Cl)cc2)nc2n1CCS2)C1CCCC1. The molecule has 4 rings (SSSR count). The molecule has 2 heterocycles. The van der Waals surface area contributed by atoms with Crippen LogP contribution in [0.4, 0.5) is 0 Å². The van der Waals surface area contributed by atoms with Crippen molar-refractivity contribution in [2.45, 2.75) is 43.9 Å². The Hall–Kier alpha value is -1.46. The molecule has 1 aliphatic carbocycles. The summed E-state index contributed by atoms with van der Waals surface area (Å²) in [6.07, 6.45) is 4.39. The van der Waals surface area contributed by atoms with Gasteiger partial charge in [0.05, 0.1) is 17.9 Å². The van der Waals surface area contributed by atoms with E-state index in [-0.39, 0.29) is 11.8 Å². The average molecular weight is 362 g/mol. The summed E-state index contributed by atoms with van der Waals surface area (Å²) in [7, 11) is 0. The third-order valence-corrected chi connectivity index (χ3v) is 6.07. The maximum atomic E-state index is 12.4. The van der Waals surface area contributed by atoms with Crippen LogP contribution in [0.3, 0.4) is 0 Å². The molecule has 2 aliphatic rings. The Morgan fingerprint density at radius 3 is 2.79 bits per heavy atom. The number of nitrogens with zero attached hydrogens (tertiary/aromatic N) is 2. The summed E-state index contributed by atoms with van der Waals surface area (Å²) in [5.41, 5.74) is 3.11. The molecule has 1 aromatic carbocycles. The van der Waals surface area contributed by atoms with Gasteiger partial charge >= 0.3 is 0 Å². The van der Waals surface area contributed by atoms with Crippen molar-refractivity contribution in [2.75, 3.05) is 5.75 Å². The Morgan fingerprint density at radius 1 is 1.29 bits per heavy atom. The van der Waals surface area contributed by atoms with Crippen molar-refractivity contribution in [1.82, 2.24) is 14.9 Å². The van der Waals surface area contributed by atoms with Crippen LogP contribution in [0.5, 0.6) is 0 Å². The monoisotopic (exact) mass is 361 g/mol. The van der Waals surface area contributed by atoms with E-state index in [0.717, 1.165) is 52.3 Å². The van der Waals surface area contributed by atoms with Crippen molar-refractivity contribution >= 4 is 29.3 Å². The number of halogens is 1. The van der Waals surface area contributed by atoms with Crippen LogP contribution in [0.2, 0.25) is 5.02 Å². The molecule has 1 N–H and O–H groups in total. The molecule has 1 aliphatic heterocycles. The van der Waals surface area contributed by atoms with Crippen LogP contribution in [0.1, 0.15) is 31.4 Å². The number of fused-ring (bicyclic) bond motifs is 1. The second-order valence-corrected chi connectivity index (χ2v) is 7.89. The molecular weight excluding hydrogens is 342 g/mol. The van der Waals surface area contributed by atoms with E-state index in [1.807, 2.05) is 24.3 Å². The van der Waals surface area contributed by atoms with Gasteiger partial charge in [-0.1, -0.05) is 48.3 Å². The predicted molar refractivity (Wildman–Crippen MR) is 97.2 cm³/mol. The van der Waals surface area contributed by atoms with Crippen molar-refractivity contribution in [3.05, 3.63) is 35.0 Å². The summed E-state index contributed by atoms with van der Waals surface area (Å²) >= 11 is 7.78. The van der Waals surface area contributed by atoms with Crippen LogP contribution in [0.15, 0.2) is 29.4 Å². The molecular formula is C18H20ClN3OS. The van der Waals surface area contributed by atoms with Gasteiger partial charge in [-0.15, -0.1) is 0 Å². The number of aromatic nitrogens is 2. The third-order valence-electron chi connectivity index (χ3n) is 4.86. The first-order chi connectivity index (χ1) is 11.7. The van der Waals surface area contributed by atoms with E-state index in [4.69, 9.17) is 16.6 Å². The summed E-state index contributed by atoms with van der Waals surface area (Å²) in [5.74, 6) is 1.43. The standard InChI is InChI=1S/C18H20ClN3OS/c19-14-7-5-12(6-8-14)16-15(22-9-10-24-18(22)21-16)11-20-17(23)13-3-1-2-4-13/h5-8,13H,1-4,9-11H2,(H,20,23). The van der Waals surface area contributed by atoms with E-state index in [2.05, 4.69) is 9.88 Å². The fourth-order valence-corrected chi connectivity index (χ4v) is 4.65. The van der Waals surface area contributed by atoms with Gasteiger partial charge in [-0.2, -0.15) is 0 Å². The number of amides is 1. The van der Waals surface area contributed by atoms with Gasteiger partial charge in [-0.05, 0) is 25.0 Å². The van der Waals surface area contributed by atoms with Crippen LogP contribution in [-0.4, -0.2) is 21.2 Å². The zero-order chi connectivity index (χ0) is 16.5. The number of thioether (sulfide) groups is 1. The second kappa shape index (κ2) is 6.81. The molecule has 0 saturated heterocycles. The normalized spacial score (nSPS) is 17.2. The smallest absolute Gasteiger partial charge is 0.223 e. The Labute approximate surface area is 151 Å². The van der Waals surface area contributed by atoms with Crippen LogP contribution in [0.25, 0.3) is 11.3 Å². The zero-order valence-corrected chi connectivity index (χ0v) is 15.0. The lowest BCUT2D eigenvalue weighted by Crippen LogP contribution is -2.29. The van der Waals surface area contributed by atoms with Gasteiger partial charge < -0.3 is 9.88 Å². The van der Waals surface area contributed by atoms with Crippen molar-refractivity contribution in [3.63, 3.8) is 0 Å². The predicted octanol–water partition coefficient (Wildman–Crippen LogP) is 4.12. The number of carbonyl (C=O) groups is 1. The number of hydrogen-bond acceptors (Lipinski definition) is 3. The maximum absolute atomic E-state index is 12.4. The zero-order valence-electron chi connectivity index (χ0n) is 13.4. The highest BCUT2D eigenvalue weighted by molar-refractivity contribution is 7.99. The van der Waals surface area contributed by atoms with Gasteiger partial charge in [0.2, 0.25) is 5.91 Å². The fraction of sp³-hybridized carbons (Fsp3) is 0.444. The van der Waals surface area contributed by atoms with Gasteiger partial charge in [0.25, 0.3) is 0 Å². The first-order valence-electron chi connectivity index (χ1n) is 8.48. The minimum Gasteiger partial charge on any atom is -0.350 e. The first kappa shape index (κ1) is 16.0. The maximum Gasteiger partial charge on any atom is 0.223 e. The number of nitrogens with one attached hydrogen (secondary N) is 1. The van der Waals surface area contributed by atoms with Crippen molar-refractivity contribution in [2.24, 2.45) is 5.92 Å². The second-order valence-electron chi connectivity index (χ2n) is 6.40. The third kappa shape index (κ3) is 3.07. The lowest BCUT2D eigenvalue weighted by molar-refractivity contribution is -0.125. The summed E-state index contributed by atoms with van der Waals surface area (Å²) in [4.78, 5) is 17.2. The molecule has 126 valence electrons. The minimum atomic E-state index is 0.191. The molecule has 0 bridgehead atoms. The Kier molecular flexibility index (Phi) is 4.55. The molecule has 2 aromatic rings. The topological polar surface area (TPSA) is 46.9 Å². The Balaban J connectivity index is 1.59. The highest BCUT2D eigenvalue weighted by Crippen LogP contribution is 2.33. The molecule has 1 amide bonds. The number of benzene rings is 1. The van der Waals surface area contributed by atoms with Gasteiger partial charge in [0.15, 0.2) is 5.16 Å². The number of carbonyl (C=O) groups excluding carboxylic acids is 1. The minimum absolute atomic E-state index is 0.191. The summed E-state index contributed by atoms with van der Waals surface area (Å²) in [6, 6.07) is 7.76. The molecule has 0 unspecified atom stereocenters. The van der Waals surface area contributed by atoms with Gasteiger partial charge in [-0.25, -0.2) is 4.98 Å². The molecule has 1 aromatic heterocycles. The molecule has 1 saturated carbocycles. The molecule has 4 nitrogen and oxygen atoms in total. The largest absolute Gasteiger partial charge is 0.350 e. The lowest BCUT2D eigenvalue weighted by atomic mass is 10.1. The summed E-state index contributed by atoms with van der Waals surface area (Å²) in [5, 5.41) is 4.91.